The van der Waals surface area contributed by atoms with E-state index in [1.54, 1.807) is 0 Å². The van der Waals surface area contributed by atoms with E-state index >= 15 is 0 Å². The summed E-state index contributed by atoms with van der Waals surface area (Å²) in [5.74, 6) is -1.67. The first-order chi connectivity index (χ1) is 7.50. The van der Waals surface area contributed by atoms with Gasteiger partial charge in [0.2, 0.25) is 12.2 Å². The summed E-state index contributed by atoms with van der Waals surface area (Å²) in [6.45, 7) is 0. The Morgan fingerprint density at radius 1 is 1.19 bits per heavy atom. The zero-order valence-electron chi connectivity index (χ0n) is 7.62. The molecule has 0 unspecified atom stereocenters. The molecular weight excluding hydrogens is 228 g/mol. The summed E-state index contributed by atoms with van der Waals surface area (Å²) < 4.78 is 55.2. The monoisotopic (exact) mass is 232 g/mol. The maximum Gasteiger partial charge on any atom is 0.419 e. The second-order valence-corrected chi connectivity index (χ2v) is 2.91. The Morgan fingerprint density at radius 2 is 1.94 bits per heavy atom. The molecule has 16 heavy (non-hydrogen) atoms. The van der Waals surface area contributed by atoms with Crippen LogP contribution >= 0.6 is 0 Å². The van der Waals surface area contributed by atoms with Gasteiger partial charge in [0, 0.05) is 5.56 Å². The highest BCUT2D eigenvalue weighted by molar-refractivity contribution is 5.60. The highest BCUT2D eigenvalue weighted by Gasteiger charge is 2.37. The molecule has 0 aliphatic carbocycles. The van der Waals surface area contributed by atoms with Crippen molar-refractivity contribution in [3.05, 3.63) is 36.0 Å². The van der Waals surface area contributed by atoms with Crippen molar-refractivity contribution in [2.45, 2.75) is 6.18 Å². The van der Waals surface area contributed by atoms with Gasteiger partial charge in [0.25, 0.3) is 0 Å². The average molecular weight is 232 g/mol. The lowest BCUT2D eigenvalue weighted by Crippen LogP contribution is -2.10. The number of rotatable bonds is 1. The molecule has 0 atom stereocenters. The molecule has 0 aliphatic heterocycles. The normalized spacial score (nSPS) is 11.8. The van der Waals surface area contributed by atoms with Gasteiger partial charge in [-0.1, -0.05) is 17.3 Å². The second kappa shape index (κ2) is 3.58. The van der Waals surface area contributed by atoms with Crippen LogP contribution in [0.2, 0.25) is 0 Å². The quantitative estimate of drug-likeness (QED) is 0.709. The molecule has 0 N–H and O–H groups in total. The predicted octanol–water partition coefficient (Wildman–Crippen LogP) is 2.89. The van der Waals surface area contributed by atoms with Crippen molar-refractivity contribution in [3.63, 3.8) is 0 Å². The van der Waals surface area contributed by atoms with E-state index in [0.717, 1.165) is 24.6 Å². The molecular formula is C9H4F4N2O. The van der Waals surface area contributed by atoms with Gasteiger partial charge in [-0.05, 0) is 6.07 Å². The molecule has 0 amide bonds. The number of aromatic nitrogens is 2. The third-order valence-electron chi connectivity index (χ3n) is 1.90. The molecule has 7 heteroatoms. The van der Waals surface area contributed by atoms with Gasteiger partial charge in [0.15, 0.2) is 0 Å². The molecule has 1 aromatic carbocycles. The molecule has 0 aliphatic rings. The van der Waals surface area contributed by atoms with E-state index in [1.165, 1.54) is 0 Å². The Labute approximate surface area is 86.7 Å². The molecule has 0 spiro atoms. The zero-order chi connectivity index (χ0) is 11.8. The fourth-order valence-electron chi connectivity index (χ4n) is 1.29. The second-order valence-electron chi connectivity index (χ2n) is 2.91. The van der Waals surface area contributed by atoms with Crippen molar-refractivity contribution in [3.8, 4) is 11.4 Å². The van der Waals surface area contributed by atoms with E-state index in [0.29, 0.717) is 0 Å². The first kappa shape index (κ1) is 10.6. The molecule has 2 aromatic rings. The van der Waals surface area contributed by atoms with Crippen LogP contribution in [0.15, 0.2) is 29.1 Å². The minimum absolute atomic E-state index is 0.299. The van der Waals surface area contributed by atoms with E-state index in [1.807, 2.05) is 0 Å². The maximum absolute atomic E-state index is 13.1. The van der Waals surface area contributed by atoms with Crippen molar-refractivity contribution in [1.82, 2.24) is 10.1 Å². The van der Waals surface area contributed by atoms with E-state index < -0.39 is 23.1 Å². The van der Waals surface area contributed by atoms with Gasteiger partial charge in [-0.15, -0.1) is 0 Å². The van der Waals surface area contributed by atoms with Crippen LogP contribution < -0.4 is 0 Å². The Bertz CT molecular complexity index is 493. The minimum atomic E-state index is -4.80. The van der Waals surface area contributed by atoms with Crippen LogP contribution in [-0.2, 0) is 6.18 Å². The standard InChI is InChI=1S/C9H4F4N2O/c10-6-3-1-2-5(7(6)9(11,12)13)8-14-4-16-15-8/h1-4H. The summed E-state index contributed by atoms with van der Waals surface area (Å²) in [7, 11) is 0. The number of alkyl halides is 3. The van der Waals surface area contributed by atoms with E-state index in [9.17, 15) is 17.6 Å². The SMILES string of the molecule is Fc1cccc(-c2ncon2)c1C(F)(F)F. The van der Waals surface area contributed by atoms with Crippen LogP contribution in [0.25, 0.3) is 11.4 Å². The predicted molar refractivity (Wildman–Crippen MR) is 44.7 cm³/mol. The van der Waals surface area contributed by atoms with Crippen LogP contribution in [0.5, 0.6) is 0 Å². The van der Waals surface area contributed by atoms with Crippen molar-refractivity contribution in [1.29, 1.82) is 0 Å². The Balaban J connectivity index is 2.67. The lowest BCUT2D eigenvalue weighted by Gasteiger charge is -2.10. The summed E-state index contributed by atoms with van der Waals surface area (Å²) in [5, 5.41) is 3.25. The summed E-state index contributed by atoms with van der Waals surface area (Å²) >= 11 is 0. The number of halogens is 4. The third-order valence-corrected chi connectivity index (χ3v) is 1.90. The van der Waals surface area contributed by atoms with Crippen LogP contribution in [0, 0.1) is 5.82 Å². The topological polar surface area (TPSA) is 38.9 Å². The molecule has 2 rings (SSSR count). The van der Waals surface area contributed by atoms with Crippen molar-refractivity contribution in [2.75, 3.05) is 0 Å². The lowest BCUT2D eigenvalue weighted by atomic mass is 10.1. The number of benzene rings is 1. The van der Waals surface area contributed by atoms with Gasteiger partial charge >= 0.3 is 6.18 Å². The van der Waals surface area contributed by atoms with Crippen LogP contribution in [-0.4, -0.2) is 10.1 Å². The van der Waals surface area contributed by atoms with Crippen molar-refractivity contribution < 1.29 is 22.1 Å². The highest BCUT2D eigenvalue weighted by Crippen LogP contribution is 2.37. The summed E-state index contributed by atoms with van der Waals surface area (Å²) in [6.07, 6.45) is -3.93. The van der Waals surface area contributed by atoms with E-state index in [-0.39, 0.29) is 5.82 Å². The fraction of sp³-hybridized carbons (Fsp3) is 0.111. The highest BCUT2D eigenvalue weighted by atomic mass is 19.4. The van der Waals surface area contributed by atoms with Gasteiger partial charge in [-0.25, -0.2) is 4.39 Å². The fourth-order valence-corrected chi connectivity index (χ4v) is 1.29. The Hall–Kier alpha value is -1.92. The van der Waals surface area contributed by atoms with Gasteiger partial charge in [0.05, 0.1) is 0 Å². The Kier molecular flexibility index (Phi) is 2.37. The molecule has 0 radical (unpaired) electrons. The lowest BCUT2D eigenvalue weighted by molar-refractivity contribution is -0.139. The molecule has 84 valence electrons. The van der Waals surface area contributed by atoms with Gasteiger partial charge < -0.3 is 4.52 Å². The molecule has 1 aromatic heterocycles. The number of hydrogen-bond acceptors (Lipinski definition) is 3. The smallest absolute Gasteiger partial charge is 0.342 e. The number of nitrogens with zero attached hydrogens (tertiary/aromatic N) is 2. The van der Waals surface area contributed by atoms with E-state index in [2.05, 4.69) is 14.7 Å². The Morgan fingerprint density at radius 3 is 2.50 bits per heavy atom. The van der Waals surface area contributed by atoms with Crippen molar-refractivity contribution >= 4 is 0 Å². The van der Waals surface area contributed by atoms with Gasteiger partial charge in [0.1, 0.15) is 11.4 Å². The average Bonchev–Trinajstić information content (AvgIpc) is 2.67. The molecule has 0 bridgehead atoms. The molecule has 0 saturated heterocycles. The zero-order valence-corrected chi connectivity index (χ0v) is 7.62. The molecule has 0 saturated carbocycles. The van der Waals surface area contributed by atoms with E-state index in [4.69, 9.17) is 0 Å². The largest absolute Gasteiger partial charge is 0.419 e. The molecule has 0 fully saturated rings. The minimum Gasteiger partial charge on any atom is -0.342 e. The van der Waals surface area contributed by atoms with Crippen LogP contribution in [0.1, 0.15) is 5.56 Å². The first-order valence-electron chi connectivity index (χ1n) is 4.12. The first-order valence-corrected chi connectivity index (χ1v) is 4.12. The van der Waals surface area contributed by atoms with Crippen LogP contribution in [0.3, 0.4) is 0 Å². The molecule has 1 heterocycles. The third kappa shape index (κ3) is 1.75. The number of hydrogen-bond donors (Lipinski definition) is 0. The van der Waals surface area contributed by atoms with Gasteiger partial charge in [-0.2, -0.15) is 18.2 Å². The van der Waals surface area contributed by atoms with Crippen LogP contribution in [0.4, 0.5) is 17.6 Å². The van der Waals surface area contributed by atoms with Gasteiger partial charge in [-0.3, -0.25) is 0 Å². The summed E-state index contributed by atoms with van der Waals surface area (Å²) in [5.41, 5.74) is -1.84. The summed E-state index contributed by atoms with van der Waals surface area (Å²) in [6, 6.07) is 2.96. The van der Waals surface area contributed by atoms with Crippen molar-refractivity contribution in [2.24, 2.45) is 0 Å². The molecule has 3 nitrogen and oxygen atoms in total. The summed E-state index contributed by atoms with van der Waals surface area (Å²) in [4.78, 5) is 3.46. The maximum atomic E-state index is 13.1.